The molecule has 142 valence electrons. The third kappa shape index (κ3) is 5.92. The van der Waals surface area contributed by atoms with Crippen molar-refractivity contribution in [2.45, 2.75) is 12.3 Å². The molecule has 0 saturated carbocycles. The minimum absolute atomic E-state index is 0.0139. The number of pyridine rings is 1. The molecule has 0 aliphatic rings. The molecule has 2 heterocycles. The predicted molar refractivity (Wildman–Crippen MR) is 106 cm³/mol. The van der Waals surface area contributed by atoms with Gasteiger partial charge < -0.3 is 19.5 Å². The standard InChI is InChI=1S/C17H25N5O3S/c1-20(2)11-13-5-6-14(25-13)12-26-10-9-18-17-15(22(23)24)7-8-16(19-17)21(3)4/h5-8H,9-12H2,1-4H3,(H,18,19). The first-order valence-electron chi connectivity index (χ1n) is 8.23. The molecule has 9 heteroatoms. The van der Waals surface area contributed by atoms with Crippen molar-refractivity contribution in [3.8, 4) is 0 Å². The maximum atomic E-state index is 11.1. The average Bonchev–Trinajstić information content (AvgIpc) is 3.00. The number of nitrogens with zero attached hydrogens (tertiary/aromatic N) is 4. The molecule has 0 aromatic carbocycles. The van der Waals surface area contributed by atoms with Crippen LogP contribution >= 0.6 is 11.8 Å². The second-order valence-electron chi connectivity index (χ2n) is 6.27. The van der Waals surface area contributed by atoms with E-state index in [1.54, 1.807) is 17.8 Å². The van der Waals surface area contributed by atoms with Gasteiger partial charge in [0.15, 0.2) is 0 Å². The SMILES string of the molecule is CN(C)Cc1ccc(CSCCNc2nc(N(C)C)ccc2[N+](=O)[O-])o1. The summed E-state index contributed by atoms with van der Waals surface area (Å²) in [4.78, 5) is 18.9. The van der Waals surface area contributed by atoms with Crippen molar-refractivity contribution in [2.24, 2.45) is 0 Å². The summed E-state index contributed by atoms with van der Waals surface area (Å²) in [6, 6.07) is 7.10. The summed E-state index contributed by atoms with van der Waals surface area (Å²) in [5.74, 6) is 4.41. The van der Waals surface area contributed by atoms with Crippen LogP contribution in [0.1, 0.15) is 11.5 Å². The first-order valence-corrected chi connectivity index (χ1v) is 9.39. The lowest BCUT2D eigenvalue weighted by Gasteiger charge is -2.13. The number of aromatic nitrogens is 1. The van der Waals surface area contributed by atoms with E-state index in [0.717, 1.165) is 29.6 Å². The molecular formula is C17H25N5O3S. The molecule has 0 unspecified atom stereocenters. The number of nitro groups is 1. The quantitative estimate of drug-likeness (QED) is 0.383. The van der Waals surface area contributed by atoms with Crippen LogP contribution in [0.15, 0.2) is 28.7 Å². The Morgan fingerprint density at radius 1 is 1.19 bits per heavy atom. The zero-order valence-electron chi connectivity index (χ0n) is 15.6. The van der Waals surface area contributed by atoms with Gasteiger partial charge in [-0.25, -0.2) is 4.98 Å². The van der Waals surface area contributed by atoms with Crippen LogP contribution in [0.2, 0.25) is 0 Å². The van der Waals surface area contributed by atoms with E-state index in [4.69, 9.17) is 4.42 Å². The Kier molecular flexibility index (Phi) is 7.28. The van der Waals surface area contributed by atoms with Gasteiger partial charge in [-0.15, -0.1) is 0 Å². The number of thioether (sulfide) groups is 1. The monoisotopic (exact) mass is 379 g/mol. The zero-order chi connectivity index (χ0) is 19.1. The Balaban J connectivity index is 1.83. The van der Waals surface area contributed by atoms with E-state index in [-0.39, 0.29) is 5.69 Å². The normalized spacial score (nSPS) is 11.0. The molecule has 0 saturated heterocycles. The number of rotatable bonds is 10. The molecule has 26 heavy (non-hydrogen) atoms. The summed E-state index contributed by atoms with van der Waals surface area (Å²) in [6.45, 7) is 1.37. The maximum Gasteiger partial charge on any atom is 0.311 e. The van der Waals surface area contributed by atoms with Crippen molar-refractivity contribution in [3.05, 3.63) is 45.9 Å². The highest BCUT2D eigenvalue weighted by Crippen LogP contribution is 2.25. The highest BCUT2D eigenvalue weighted by Gasteiger charge is 2.16. The van der Waals surface area contributed by atoms with Gasteiger partial charge in [-0.05, 0) is 32.3 Å². The van der Waals surface area contributed by atoms with Gasteiger partial charge in [0, 0.05) is 32.5 Å². The number of hydrogen-bond acceptors (Lipinski definition) is 8. The van der Waals surface area contributed by atoms with E-state index >= 15 is 0 Å². The van der Waals surface area contributed by atoms with Crippen molar-refractivity contribution < 1.29 is 9.34 Å². The van der Waals surface area contributed by atoms with Crippen molar-refractivity contribution in [3.63, 3.8) is 0 Å². The minimum Gasteiger partial charge on any atom is -0.464 e. The molecule has 2 rings (SSSR count). The van der Waals surface area contributed by atoms with E-state index in [1.807, 2.05) is 45.2 Å². The molecular weight excluding hydrogens is 354 g/mol. The summed E-state index contributed by atoms with van der Waals surface area (Å²) in [7, 11) is 7.70. The fourth-order valence-corrected chi connectivity index (χ4v) is 3.03. The predicted octanol–water partition coefficient (Wildman–Crippen LogP) is 3.06. The molecule has 1 N–H and O–H groups in total. The summed E-state index contributed by atoms with van der Waals surface area (Å²) in [5.41, 5.74) is -0.0139. The summed E-state index contributed by atoms with van der Waals surface area (Å²) in [5, 5.41) is 14.2. The zero-order valence-corrected chi connectivity index (χ0v) is 16.4. The van der Waals surface area contributed by atoms with Gasteiger partial charge in [0.2, 0.25) is 5.82 Å². The summed E-state index contributed by atoms with van der Waals surface area (Å²) < 4.78 is 5.76. The second-order valence-corrected chi connectivity index (χ2v) is 7.38. The Hall–Kier alpha value is -2.26. The van der Waals surface area contributed by atoms with E-state index in [2.05, 4.69) is 15.2 Å². The molecule has 0 aliphatic carbocycles. The highest BCUT2D eigenvalue weighted by atomic mass is 32.2. The maximum absolute atomic E-state index is 11.1. The molecule has 0 aliphatic heterocycles. The lowest BCUT2D eigenvalue weighted by atomic mass is 10.3. The molecule has 0 amide bonds. The fraction of sp³-hybridized carbons (Fsp3) is 0.471. The topological polar surface area (TPSA) is 87.7 Å². The molecule has 0 fully saturated rings. The lowest BCUT2D eigenvalue weighted by Crippen LogP contribution is -2.14. The van der Waals surface area contributed by atoms with Crippen molar-refractivity contribution in [2.75, 3.05) is 50.7 Å². The second kappa shape index (κ2) is 9.44. The lowest BCUT2D eigenvalue weighted by molar-refractivity contribution is -0.384. The van der Waals surface area contributed by atoms with Gasteiger partial charge in [-0.1, -0.05) is 0 Å². The van der Waals surface area contributed by atoms with Gasteiger partial charge in [-0.3, -0.25) is 10.1 Å². The first-order chi connectivity index (χ1) is 12.4. The van der Waals surface area contributed by atoms with Gasteiger partial charge in [0.25, 0.3) is 0 Å². The summed E-state index contributed by atoms with van der Waals surface area (Å²) >= 11 is 1.70. The molecule has 8 nitrogen and oxygen atoms in total. The molecule has 0 radical (unpaired) electrons. The number of nitrogens with one attached hydrogen (secondary N) is 1. The van der Waals surface area contributed by atoms with Gasteiger partial charge in [-0.2, -0.15) is 11.8 Å². The molecule has 0 bridgehead atoms. The van der Waals surface area contributed by atoms with E-state index in [9.17, 15) is 10.1 Å². The highest BCUT2D eigenvalue weighted by molar-refractivity contribution is 7.98. The van der Waals surface area contributed by atoms with Gasteiger partial charge in [0.1, 0.15) is 17.3 Å². The van der Waals surface area contributed by atoms with Crippen LogP contribution < -0.4 is 10.2 Å². The molecule has 2 aromatic rings. The fourth-order valence-electron chi connectivity index (χ4n) is 2.28. The summed E-state index contributed by atoms with van der Waals surface area (Å²) in [6.07, 6.45) is 0. The van der Waals surface area contributed by atoms with Crippen LogP contribution in [0, 0.1) is 10.1 Å². The molecule has 2 aromatic heterocycles. The Morgan fingerprint density at radius 3 is 2.58 bits per heavy atom. The van der Waals surface area contributed by atoms with Crippen molar-refractivity contribution in [1.29, 1.82) is 0 Å². The number of furan rings is 1. The van der Waals surface area contributed by atoms with Crippen LogP contribution in [-0.4, -0.2) is 55.3 Å². The van der Waals surface area contributed by atoms with Gasteiger partial charge >= 0.3 is 5.69 Å². The van der Waals surface area contributed by atoms with Crippen LogP contribution in [0.25, 0.3) is 0 Å². The number of hydrogen-bond donors (Lipinski definition) is 1. The Labute approximate surface area is 157 Å². The van der Waals surface area contributed by atoms with Crippen LogP contribution in [0.4, 0.5) is 17.3 Å². The van der Waals surface area contributed by atoms with Crippen LogP contribution in [0.3, 0.4) is 0 Å². The molecule has 0 spiro atoms. The Morgan fingerprint density at radius 2 is 1.92 bits per heavy atom. The van der Waals surface area contributed by atoms with Crippen molar-refractivity contribution in [1.82, 2.24) is 9.88 Å². The third-order valence-electron chi connectivity index (χ3n) is 3.49. The van der Waals surface area contributed by atoms with Gasteiger partial charge in [0.05, 0.1) is 17.2 Å². The Bertz CT molecular complexity index is 733. The largest absolute Gasteiger partial charge is 0.464 e. The van der Waals surface area contributed by atoms with Crippen molar-refractivity contribution >= 4 is 29.1 Å². The third-order valence-corrected chi connectivity index (χ3v) is 4.47. The van der Waals surface area contributed by atoms with E-state index < -0.39 is 4.92 Å². The van der Waals surface area contributed by atoms with Crippen LogP contribution in [0.5, 0.6) is 0 Å². The smallest absolute Gasteiger partial charge is 0.311 e. The van der Waals surface area contributed by atoms with E-state index in [0.29, 0.717) is 18.2 Å². The minimum atomic E-state index is -0.420. The number of anilines is 2. The van der Waals surface area contributed by atoms with E-state index in [1.165, 1.54) is 6.07 Å². The van der Waals surface area contributed by atoms with Crippen LogP contribution in [-0.2, 0) is 12.3 Å². The first kappa shape index (κ1) is 20.1. The molecule has 0 atom stereocenters. The average molecular weight is 379 g/mol.